The number of aryl methyl sites for hydroxylation is 1. The van der Waals surface area contributed by atoms with Gasteiger partial charge < -0.3 is 15.8 Å². The summed E-state index contributed by atoms with van der Waals surface area (Å²) in [5.41, 5.74) is 7.56. The Morgan fingerprint density at radius 1 is 1.29 bits per heavy atom. The Labute approximate surface area is 122 Å². The summed E-state index contributed by atoms with van der Waals surface area (Å²) in [6.45, 7) is 4.29. The lowest BCUT2D eigenvalue weighted by molar-refractivity contribution is 0.102. The molecule has 0 unspecified atom stereocenters. The average Bonchev–Trinajstić information content (AvgIpc) is 2.42. The highest BCUT2D eigenvalue weighted by atomic mass is 19.1. The van der Waals surface area contributed by atoms with E-state index in [9.17, 15) is 9.18 Å². The maximum atomic E-state index is 13.0. The molecule has 4 nitrogen and oxygen atoms in total. The smallest absolute Gasteiger partial charge is 0.257 e. The summed E-state index contributed by atoms with van der Waals surface area (Å²) in [5.74, 6) is -0.293. The van der Waals surface area contributed by atoms with Crippen LogP contribution >= 0.6 is 0 Å². The molecule has 5 heteroatoms. The second-order valence-corrected chi connectivity index (χ2v) is 4.62. The van der Waals surface area contributed by atoms with Gasteiger partial charge >= 0.3 is 0 Å². The molecule has 2 aromatic carbocycles. The third-order valence-corrected chi connectivity index (χ3v) is 2.94. The molecule has 21 heavy (non-hydrogen) atoms. The molecule has 0 heterocycles. The lowest BCUT2D eigenvalue weighted by Gasteiger charge is -2.13. The highest BCUT2D eigenvalue weighted by Crippen LogP contribution is 2.27. The van der Waals surface area contributed by atoms with E-state index in [1.807, 2.05) is 26.0 Å². The van der Waals surface area contributed by atoms with Crippen LogP contribution in [-0.2, 0) is 0 Å². The molecule has 0 bridgehead atoms. The Kier molecular flexibility index (Phi) is 4.42. The minimum atomic E-state index is -0.477. The molecule has 0 fully saturated rings. The van der Waals surface area contributed by atoms with Crippen LogP contribution in [0.5, 0.6) is 5.75 Å². The van der Waals surface area contributed by atoms with E-state index in [4.69, 9.17) is 10.5 Å². The fraction of sp³-hybridized carbons (Fsp3) is 0.188. The number of amides is 1. The number of anilines is 2. The average molecular weight is 288 g/mol. The number of carbonyl (C=O) groups excluding carboxylic acids is 1. The predicted octanol–water partition coefficient (Wildman–Crippen LogP) is 3.37. The van der Waals surface area contributed by atoms with E-state index in [1.165, 1.54) is 12.1 Å². The van der Waals surface area contributed by atoms with Gasteiger partial charge in [-0.3, -0.25) is 4.79 Å². The van der Waals surface area contributed by atoms with Crippen LogP contribution in [0, 0.1) is 12.7 Å². The molecule has 0 atom stereocenters. The number of carbonyl (C=O) groups is 1. The fourth-order valence-electron chi connectivity index (χ4n) is 1.94. The molecule has 0 aliphatic rings. The number of rotatable bonds is 4. The summed E-state index contributed by atoms with van der Waals surface area (Å²) in [5, 5.41) is 2.73. The first-order valence-corrected chi connectivity index (χ1v) is 6.61. The van der Waals surface area contributed by atoms with E-state index in [1.54, 1.807) is 6.07 Å². The third-order valence-electron chi connectivity index (χ3n) is 2.94. The van der Waals surface area contributed by atoms with Crippen molar-refractivity contribution in [3.05, 3.63) is 53.3 Å². The van der Waals surface area contributed by atoms with Crippen molar-refractivity contribution in [2.24, 2.45) is 0 Å². The molecule has 0 aliphatic carbocycles. The quantitative estimate of drug-likeness (QED) is 0.848. The second kappa shape index (κ2) is 6.26. The minimum Gasteiger partial charge on any atom is -0.492 e. The van der Waals surface area contributed by atoms with E-state index in [-0.39, 0.29) is 11.3 Å². The molecule has 110 valence electrons. The summed E-state index contributed by atoms with van der Waals surface area (Å²) >= 11 is 0. The fourth-order valence-corrected chi connectivity index (χ4v) is 1.94. The van der Waals surface area contributed by atoms with Crippen LogP contribution < -0.4 is 15.8 Å². The van der Waals surface area contributed by atoms with Gasteiger partial charge in [-0.1, -0.05) is 6.07 Å². The zero-order chi connectivity index (χ0) is 15.4. The van der Waals surface area contributed by atoms with Gasteiger partial charge in [0.05, 0.1) is 17.9 Å². The van der Waals surface area contributed by atoms with Crippen LogP contribution in [0.3, 0.4) is 0 Å². The highest BCUT2D eigenvalue weighted by molar-refractivity contribution is 6.08. The molecule has 0 saturated heterocycles. The molecule has 2 aromatic rings. The maximum Gasteiger partial charge on any atom is 0.257 e. The molecule has 3 N–H and O–H groups in total. The van der Waals surface area contributed by atoms with Gasteiger partial charge in [0.15, 0.2) is 0 Å². The summed E-state index contributed by atoms with van der Waals surface area (Å²) in [6.07, 6.45) is 0. The van der Waals surface area contributed by atoms with Crippen molar-refractivity contribution in [2.75, 3.05) is 17.7 Å². The highest BCUT2D eigenvalue weighted by Gasteiger charge is 2.13. The Hall–Kier alpha value is -2.56. The van der Waals surface area contributed by atoms with E-state index in [0.29, 0.717) is 18.0 Å². The van der Waals surface area contributed by atoms with E-state index in [2.05, 4.69) is 5.32 Å². The van der Waals surface area contributed by atoms with Crippen molar-refractivity contribution < 1.29 is 13.9 Å². The van der Waals surface area contributed by atoms with E-state index >= 15 is 0 Å². The topological polar surface area (TPSA) is 64.3 Å². The summed E-state index contributed by atoms with van der Waals surface area (Å²) in [6, 6.07) is 9.14. The van der Waals surface area contributed by atoms with Crippen LogP contribution in [0.1, 0.15) is 22.8 Å². The number of nitrogens with one attached hydrogen (secondary N) is 1. The van der Waals surface area contributed by atoms with E-state index in [0.717, 1.165) is 11.6 Å². The van der Waals surface area contributed by atoms with Gasteiger partial charge in [0.1, 0.15) is 11.6 Å². The van der Waals surface area contributed by atoms with Crippen molar-refractivity contribution in [1.82, 2.24) is 0 Å². The van der Waals surface area contributed by atoms with Crippen LogP contribution in [0.25, 0.3) is 0 Å². The van der Waals surface area contributed by atoms with Crippen LogP contribution in [0.4, 0.5) is 15.8 Å². The normalized spacial score (nSPS) is 10.2. The number of halogens is 1. The molecule has 1 amide bonds. The first-order valence-electron chi connectivity index (χ1n) is 6.61. The zero-order valence-electron chi connectivity index (χ0n) is 11.9. The first-order chi connectivity index (χ1) is 10.0. The van der Waals surface area contributed by atoms with Crippen LogP contribution in [-0.4, -0.2) is 12.5 Å². The Bertz CT molecular complexity index is 671. The van der Waals surface area contributed by atoms with Crippen LogP contribution in [0.2, 0.25) is 0 Å². The van der Waals surface area contributed by atoms with Gasteiger partial charge in [0.2, 0.25) is 0 Å². The number of nitrogens with two attached hydrogens (primary N) is 1. The monoisotopic (exact) mass is 288 g/mol. The Morgan fingerprint density at radius 3 is 2.71 bits per heavy atom. The molecular weight excluding hydrogens is 271 g/mol. The number of hydrogen-bond donors (Lipinski definition) is 2. The number of ether oxygens (including phenoxy) is 1. The predicted molar refractivity (Wildman–Crippen MR) is 81.1 cm³/mol. The Morgan fingerprint density at radius 2 is 2.05 bits per heavy atom. The van der Waals surface area contributed by atoms with Crippen molar-refractivity contribution in [1.29, 1.82) is 0 Å². The van der Waals surface area contributed by atoms with Gasteiger partial charge in [-0.05, 0) is 49.7 Å². The standard InChI is InChI=1S/C16H17FN2O2/c1-3-21-15-8-10(2)4-7-14(15)19-16(20)12-6-5-11(17)9-13(12)18/h4-9H,3,18H2,1-2H3,(H,19,20). The number of benzene rings is 2. The first kappa shape index (κ1) is 14.8. The lowest BCUT2D eigenvalue weighted by atomic mass is 10.1. The number of nitrogen functional groups attached to an aromatic ring is 1. The molecular formula is C16H17FN2O2. The van der Waals surface area contributed by atoms with Gasteiger partial charge in [-0.2, -0.15) is 0 Å². The molecule has 0 spiro atoms. The summed E-state index contributed by atoms with van der Waals surface area (Å²) in [7, 11) is 0. The maximum absolute atomic E-state index is 13.0. The molecule has 0 aromatic heterocycles. The third kappa shape index (κ3) is 3.51. The molecule has 2 rings (SSSR count). The van der Waals surface area contributed by atoms with Gasteiger partial charge in [-0.15, -0.1) is 0 Å². The number of hydrogen-bond acceptors (Lipinski definition) is 3. The van der Waals surface area contributed by atoms with Gasteiger partial charge in [0.25, 0.3) is 5.91 Å². The summed E-state index contributed by atoms with van der Waals surface area (Å²) < 4.78 is 18.5. The van der Waals surface area contributed by atoms with Crippen molar-refractivity contribution in [2.45, 2.75) is 13.8 Å². The zero-order valence-corrected chi connectivity index (χ0v) is 11.9. The van der Waals surface area contributed by atoms with Gasteiger partial charge in [-0.25, -0.2) is 4.39 Å². The lowest BCUT2D eigenvalue weighted by Crippen LogP contribution is -2.15. The summed E-state index contributed by atoms with van der Waals surface area (Å²) in [4.78, 5) is 12.2. The largest absolute Gasteiger partial charge is 0.492 e. The van der Waals surface area contributed by atoms with Gasteiger partial charge in [0, 0.05) is 5.69 Å². The SMILES string of the molecule is CCOc1cc(C)ccc1NC(=O)c1ccc(F)cc1N. The van der Waals surface area contributed by atoms with E-state index < -0.39 is 11.7 Å². The van der Waals surface area contributed by atoms with Crippen molar-refractivity contribution >= 4 is 17.3 Å². The second-order valence-electron chi connectivity index (χ2n) is 4.62. The van der Waals surface area contributed by atoms with Crippen molar-refractivity contribution in [3.63, 3.8) is 0 Å². The minimum absolute atomic E-state index is 0.0950. The molecule has 0 aliphatic heterocycles. The molecule has 0 radical (unpaired) electrons. The molecule has 0 saturated carbocycles. The van der Waals surface area contributed by atoms with Crippen LogP contribution in [0.15, 0.2) is 36.4 Å². The Balaban J connectivity index is 2.27. The van der Waals surface area contributed by atoms with Crippen molar-refractivity contribution in [3.8, 4) is 5.75 Å².